The molecule has 0 spiro atoms. The van der Waals surface area contributed by atoms with Crippen molar-refractivity contribution in [3.63, 3.8) is 0 Å². The van der Waals surface area contributed by atoms with E-state index in [1.807, 2.05) is 12.1 Å². The van der Waals surface area contributed by atoms with E-state index in [1.165, 1.54) is 51.7 Å². The lowest BCUT2D eigenvalue weighted by Gasteiger charge is -2.44. The van der Waals surface area contributed by atoms with Gasteiger partial charge in [0.2, 0.25) is 5.88 Å². The summed E-state index contributed by atoms with van der Waals surface area (Å²) in [7, 11) is 0. The fourth-order valence-electron chi connectivity index (χ4n) is 4.43. The lowest BCUT2D eigenvalue weighted by molar-refractivity contribution is 0.0561. The number of ether oxygens (including phenoxy) is 1. The number of benzene rings is 1. The number of nitrogens with zero attached hydrogens (tertiary/aromatic N) is 2. The fraction of sp³-hybridized carbons (Fsp3) is 0.500. The van der Waals surface area contributed by atoms with Crippen molar-refractivity contribution in [2.45, 2.75) is 39.0 Å². The third kappa shape index (κ3) is 4.96. The van der Waals surface area contributed by atoms with Crippen LogP contribution in [0.15, 0.2) is 42.6 Å². The molecule has 2 fully saturated rings. The number of hydrogen-bond donors (Lipinski definition) is 1. The summed E-state index contributed by atoms with van der Waals surface area (Å²) in [6.45, 7) is 6.79. The average molecular weight is 395 g/mol. The first-order chi connectivity index (χ1) is 14.0. The first-order valence-corrected chi connectivity index (χ1v) is 10.7. The van der Waals surface area contributed by atoms with Crippen molar-refractivity contribution in [2.75, 3.05) is 26.2 Å². The molecule has 1 aliphatic heterocycles. The molecule has 0 unspecified atom stereocenters. The molecule has 2 heterocycles. The van der Waals surface area contributed by atoms with Crippen molar-refractivity contribution >= 4 is 5.97 Å². The summed E-state index contributed by atoms with van der Waals surface area (Å²) in [4.78, 5) is 18.0. The van der Waals surface area contributed by atoms with Gasteiger partial charge in [0, 0.05) is 24.4 Å². The molecule has 1 saturated heterocycles. The highest BCUT2D eigenvalue weighted by atomic mass is 16.5. The summed E-state index contributed by atoms with van der Waals surface area (Å²) >= 11 is 0. The second-order valence-corrected chi connectivity index (χ2v) is 8.96. The Morgan fingerprint density at radius 3 is 2.38 bits per heavy atom. The zero-order valence-electron chi connectivity index (χ0n) is 17.1. The lowest BCUT2D eigenvalue weighted by atomic mass is 9.70. The van der Waals surface area contributed by atoms with Crippen molar-refractivity contribution in [3.05, 3.63) is 48.2 Å². The molecule has 0 bridgehead atoms. The molecule has 1 aromatic heterocycles. The summed E-state index contributed by atoms with van der Waals surface area (Å²) in [6, 6.07) is 10.7. The number of rotatable bonds is 7. The molecule has 5 heteroatoms. The molecule has 5 nitrogen and oxygen atoms in total. The van der Waals surface area contributed by atoms with Crippen LogP contribution in [0, 0.1) is 11.3 Å². The average Bonchev–Trinajstić information content (AvgIpc) is 2.72. The van der Waals surface area contributed by atoms with Crippen molar-refractivity contribution < 1.29 is 14.6 Å². The largest absolute Gasteiger partial charge is 0.478 e. The first kappa shape index (κ1) is 19.9. The molecule has 0 radical (unpaired) electrons. The first-order valence-electron chi connectivity index (χ1n) is 10.7. The molecule has 2 aliphatic rings. The quantitative estimate of drug-likeness (QED) is 0.736. The number of piperidine rings is 1. The van der Waals surface area contributed by atoms with Gasteiger partial charge in [-0.05, 0) is 73.9 Å². The number of carboxylic acids is 1. The van der Waals surface area contributed by atoms with Gasteiger partial charge in [0.1, 0.15) is 0 Å². The molecule has 29 heavy (non-hydrogen) atoms. The van der Waals surface area contributed by atoms with Crippen LogP contribution in [0.3, 0.4) is 0 Å². The van der Waals surface area contributed by atoms with E-state index < -0.39 is 5.97 Å². The normalized spacial score (nSPS) is 19.5. The van der Waals surface area contributed by atoms with E-state index in [4.69, 9.17) is 9.84 Å². The molecule has 2 aromatic rings. The molecular formula is C24H30N2O3. The van der Waals surface area contributed by atoms with Crippen molar-refractivity contribution in [1.82, 2.24) is 9.88 Å². The van der Waals surface area contributed by atoms with Crippen LogP contribution in [0.5, 0.6) is 5.88 Å². The van der Waals surface area contributed by atoms with E-state index in [9.17, 15) is 4.79 Å². The minimum absolute atomic E-state index is 0.287. The number of carbonyl (C=O) groups is 1. The third-order valence-corrected chi connectivity index (χ3v) is 6.54. The van der Waals surface area contributed by atoms with Gasteiger partial charge >= 0.3 is 5.97 Å². The van der Waals surface area contributed by atoms with Crippen LogP contribution < -0.4 is 4.74 Å². The van der Waals surface area contributed by atoms with Gasteiger partial charge < -0.3 is 14.7 Å². The maximum atomic E-state index is 11.0. The van der Waals surface area contributed by atoms with E-state index >= 15 is 0 Å². The predicted octanol–water partition coefficient (Wildman–Crippen LogP) is 4.73. The van der Waals surface area contributed by atoms with Crippen molar-refractivity contribution in [3.8, 4) is 17.0 Å². The molecule has 4 rings (SSSR count). The molecule has 0 amide bonds. The monoisotopic (exact) mass is 394 g/mol. The molecule has 1 saturated carbocycles. The Hall–Kier alpha value is -2.40. The summed E-state index contributed by atoms with van der Waals surface area (Å²) in [6.07, 6.45) is 8.37. The van der Waals surface area contributed by atoms with Crippen LogP contribution in [-0.4, -0.2) is 47.2 Å². The Bertz CT molecular complexity index is 820. The van der Waals surface area contributed by atoms with Crippen LogP contribution in [0.25, 0.3) is 11.1 Å². The van der Waals surface area contributed by atoms with Crippen LogP contribution in [-0.2, 0) is 0 Å². The van der Waals surface area contributed by atoms with Gasteiger partial charge in [-0.1, -0.05) is 25.5 Å². The Morgan fingerprint density at radius 2 is 1.83 bits per heavy atom. The van der Waals surface area contributed by atoms with E-state index in [1.54, 1.807) is 30.5 Å². The smallest absolute Gasteiger partial charge is 0.335 e. The second-order valence-electron chi connectivity index (χ2n) is 8.96. The number of aromatic carboxylic acids is 1. The van der Waals surface area contributed by atoms with Crippen LogP contribution in [0.1, 0.15) is 49.4 Å². The Balaban J connectivity index is 1.24. The van der Waals surface area contributed by atoms with Gasteiger partial charge in [-0.25, -0.2) is 9.78 Å². The number of hydrogen-bond acceptors (Lipinski definition) is 4. The maximum Gasteiger partial charge on any atom is 0.335 e. The van der Waals surface area contributed by atoms with Gasteiger partial charge in [0.15, 0.2) is 0 Å². The molecular weight excluding hydrogens is 364 g/mol. The van der Waals surface area contributed by atoms with E-state index in [-0.39, 0.29) is 5.56 Å². The molecule has 1 aromatic carbocycles. The topological polar surface area (TPSA) is 62.7 Å². The second kappa shape index (κ2) is 8.54. The zero-order chi connectivity index (χ0) is 20.3. The highest BCUT2D eigenvalue weighted by Crippen LogP contribution is 2.41. The Kier molecular flexibility index (Phi) is 5.86. The van der Waals surface area contributed by atoms with Crippen LogP contribution in [0.2, 0.25) is 0 Å². The van der Waals surface area contributed by atoms with Gasteiger partial charge in [-0.2, -0.15) is 0 Å². The van der Waals surface area contributed by atoms with Crippen LogP contribution >= 0.6 is 0 Å². The van der Waals surface area contributed by atoms with Crippen molar-refractivity contribution in [1.29, 1.82) is 0 Å². The molecule has 0 atom stereocenters. The summed E-state index contributed by atoms with van der Waals surface area (Å²) in [5.74, 6) is 0.340. The van der Waals surface area contributed by atoms with Gasteiger partial charge in [0.05, 0.1) is 12.2 Å². The summed E-state index contributed by atoms with van der Waals surface area (Å²) in [5.41, 5.74) is 2.76. The zero-order valence-corrected chi connectivity index (χ0v) is 17.1. The minimum atomic E-state index is -0.915. The molecule has 154 valence electrons. The van der Waals surface area contributed by atoms with E-state index in [2.05, 4.69) is 16.8 Å². The summed E-state index contributed by atoms with van der Waals surface area (Å²) < 4.78 is 5.95. The highest BCUT2D eigenvalue weighted by molar-refractivity contribution is 5.88. The van der Waals surface area contributed by atoms with E-state index in [0.717, 1.165) is 17.7 Å². The minimum Gasteiger partial charge on any atom is -0.478 e. The lowest BCUT2D eigenvalue weighted by Crippen LogP contribution is -2.44. The number of carboxylic acid groups (broad SMARTS) is 1. The Morgan fingerprint density at radius 1 is 1.14 bits per heavy atom. The number of aromatic nitrogens is 1. The number of likely N-dealkylation sites (tertiary alicyclic amines) is 1. The predicted molar refractivity (Wildman–Crippen MR) is 113 cm³/mol. The van der Waals surface area contributed by atoms with Crippen molar-refractivity contribution in [2.24, 2.45) is 11.3 Å². The number of pyridine rings is 1. The maximum absolute atomic E-state index is 11.0. The Labute approximate surface area is 172 Å². The van der Waals surface area contributed by atoms with Gasteiger partial charge in [-0.15, -0.1) is 0 Å². The van der Waals surface area contributed by atoms with Gasteiger partial charge in [0.25, 0.3) is 0 Å². The summed E-state index contributed by atoms with van der Waals surface area (Å²) in [5, 5.41) is 9.00. The molecule has 1 aliphatic carbocycles. The standard InChI is InChI=1S/C24H30N2O3/c1-24(11-2-12-24)17-26-13-9-18(10-14-26)16-29-22-8-7-21(15-25-22)19-3-5-20(6-4-19)23(27)28/h3-8,15,18H,2,9-14,16-17H2,1H3,(H,27,28). The van der Waals surface area contributed by atoms with E-state index in [0.29, 0.717) is 17.2 Å². The van der Waals surface area contributed by atoms with Gasteiger partial charge in [-0.3, -0.25) is 0 Å². The fourth-order valence-corrected chi connectivity index (χ4v) is 4.43. The third-order valence-electron chi connectivity index (χ3n) is 6.54. The molecule has 1 N–H and O–H groups in total. The highest BCUT2D eigenvalue weighted by Gasteiger charge is 2.34. The van der Waals surface area contributed by atoms with Crippen LogP contribution in [0.4, 0.5) is 0 Å². The SMILES string of the molecule is CC1(CN2CCC(COc3ccc(-c4ccc(C(=O)O)cc4)cn3)CC2)CCC1.